The van der Waals surface area contributed by atoms with Gasteiger partial charge in [0, 0.05) is 18.1 Å². The molecular weight excluding hydrogens is 356 g/mol. The summed E-state index contributed by atoms with van der Waals surface area (Å²) in [6, 6.07) is 8.25. The van der Waals surface area contributed by atoms with Gasteiger partial charge in [-0.1, -0.05) is 0 Å². The third-order valence-electron chi connectivity index (χ3n) is 3.87. The third-order valence-corrected chi connectivity index (χ3v) is 3.87. The molecule has 0 saturated heterocycles. The first-order chi connectivity index (χ1) is 13.0. The topological polar surface area (TPSA) is 131 Å². The Balaban J connectivity index is 1.67. The molecule has 0 amide bonds. The molecule has 0 unspecified atom stereocenters. The second-order valence-electron chi connectivity index (χ2n) is 5.74. The Kier molecular flexibility index (Phi) is 5.20. The van der Waals surface area contributed by atoms with Gasteiger partial charge < -0.3 is 19.9 Å². The number of hydrogen-bond acceptors (Lipinski definition) is 8. The Bertz CT molecular complexity index is 911. The summed E-state index contributed by atoms with van der Waals surface area (Å²) in [5, 5.41) is 10.9. The number of nitrogens with zero attached hydrogens (tertiary/aromatic N) is 1. The number of nitrogens with two attached hydrogens (primary N) is 1. The molecule has 2 aromatic carbocycles. The van der Waals surface area contributed by atoms with E-state index in [9.17, 15) is 19.7 Å². The molecule has 0 aliphatic carbocycles. The molecule has 0 spiro atoms. The molecule has 27 heavy (non-hydrogen) atoms. The smallest absolute Gasteiger partial charge is 0.338 e. The number of hydrogen-bond donors (Lipinski definition) is 1. The molecule has 1 heterocycles. The maximum absolute atomic E-state index is 12.3. The van der Waals surface area contributed by atoms with E-state index in [-0.39, 0.29) is 11.3 Å². The van der Waals surface area contributed by atoms with Crippen LogP contribution < -0.4 is 15.2 Å². The molecule has 3 rings (SSSR count). The van der Waals surface area contributed by atoms with Crippen molar-refractivity contribution in [3.8, 4) is 11.5 Å². The summed E-state index contributed by atoms with van der Waals surface area (Å²) in [4.78, 5) is 34.5. The highest BCUT2D eigenvalue weighted by molar-refractivity contribution is 6.00. The summed E-state index contributed by atoms with van der Waals surface area (Å²) in [6.45, 7) is 0.498. The fourth-order valence-electron chi connectivity index (χ4n) is 2.46. The highest BCUT2D eigenvalue weighted by Gasteiger charge is 2.19. The molecule has 0 atom stereocenters. The van der Waals surface area contributed by atoms with Crippen molar-refractivity contribution in [3.05, 3.63) is 57.6 Å². The fraction of sp³-hybridized carbons (Fsp3) is 0.222. The summed E-state index contributed by atoms with van der Waals surface area (Å²) in [5.41, 5.74) is 5.25. The molecule has 1 aliphatic heterocycles. The third kappa shape index (κ3) is 4.14. The number of fused-ring (bicyclic) bond motifs is 1. The SMILES string of the molecule is Nc1ccc(C(=O)OCC(=O)c2ccc3c(c2)OCCCO3)cc1[N+](=O)[O-]. The van der Waals surface area contributed by atoms with Gasteiger partial charge in [-0.3, -0.25) is 14.9 Å². The van der Waals surface area contributed by atoms with Gasteiger partial charge in [-0.15, -0.1) is 0 Å². The molecule has 0 fully saturated rings. The van der Waals surface area contributed by atoms with Crippen molar-refractivity contribution in [2.24, 2.45) is 0 Å². The van der Waals surface area contributed by atoms with Gasteiger partial charge in [-0.05, 0) is 30.3 Å². The molecule has 0 radical (unpaired) electrons. The maximum Gasteiger partial charge on any atom is 0.338 e. The number of nitro groups is 1. The Morgan fingerprint density at radius 2 is 1.78 bits per heavy atom. The minimum absolute atomic E-state index is 0.0673. The second kappa shape index (κ2) is 7.73. The number of benzene rings is 2. The molecule has 2 N–H and O–H groups in total. The van der Waals surface area contributed by atoms with Gasteiger partial charge in [0.05, 0.1) is 23.7 Å². The highest BCUT2D eigenvalue weighted by Crippen LogP contribution is 2.30. The van der Waals surface area contributed by atoms with Crippen LogP contribution >= 0.6 is 0 Å². The monoisotopic (exact) mass is 372 g/mol. The van der Waals surface area contributed by atoms with Gasteiger partial charge in [-0.25, -0.2) is 4.79 Å². The van der Waals surface area contributed by atoms with Gasteiger partial charge in [-0.2, -0.15) is 0 Å². The minimum Gasteiger partial charge on any atom is -0.490 e. The Labute approximate surface area is 153 Å². The highest BCUT2D eigenvalue weighted by atomic mass is 16.6. The second-order valence-corrected chi connectivity index (χ2v) is 5.74. The number of rotatable bonds is 5. The van der Waals surface area contributed by atoms with E-state index in [0.29, 0.717) is 30.3 Å². The van der Waals surface area contributed by atoms with E-state index in [4.69, 9.17) is 19.9 Å². The number of anilines is 1. The van der Waals surface area contributed by atoms with E-state index in [1.807, 2.05) is 0 Å². The van der Waals surface area contributed by atoms with E-state index >= 15 is 0 Å². The average Bonchev–Trinajstić information content (AvgIpc) is 2.90. The standard InChI is InChI=1S/C18H16N2O7/c19-13-4-2-12(8-14(13)20(23)24)18(22)27-10-15(21)11-3-5-16-17(9-11)26-7-1-6-25-16/h2-5,8-9H,1,6-7,10,19H2. The van der Waals surface area contributed by atoms with Crippen molar-refractivity contribution >= 4 is 23.1 Å². The summed E-state index contributed by atoms with van der Waals surface area (Å²) >= 11 is 0. The number of nitrogen functional groups attached to an aromatic ring is 1. The molecule has 9 nitrogen and oxygen atoms in total. The predicted octanol–water partition coefficient (Wildman–Crippen LogP) is 2.38. The van der Waals surface area contributed by atoms with E-state index in [1.54, 1.807) is 12.1 Å². The zero-order valence-electron chi connectivity index (χ0n) is 14.2. The lowest BCUT2D eigenvalue weighted by Crippen LogP contribution is -2.14. The van der Waals surface area contributed by atoms with Crippen LogP contribution in [0.15, 0.2) is 36.4 Å². The number of ether oxygens (including phenoxy) is 3. The van der Waals surface area contributed by atoms with Gasteiger partial charge >= 0.3 is 5.97 Å². The first-order valence-corrected chi connectivity index (χ1v) is 8.09. The molecule has 0 aromatic heterocycles. The first kappa shape index (κ1) is 18.2. The van der Waals surface area contributed by atoms with E-state index in [0.717, 1.165) is 12.5 Å². The summed E-state index contributed by atoms with van der Waals surface area (Å²) in [7, 11) is 0. The maximum atomic E-state index is 12.3. The quantitative estimate of drug-likeness (QED) is 0.278. The summed E-state index contributed by atoms with van der Waals surface area (Å²) in [6.07, 6.45) is 0.739. The van der Waals surface area contributed by atoms with Gasteiger partial charge in [0.2, 0.25) is 0 Å². The average molecular weight is 372 g/mol. The molecule has 0 bridgehead atoms. The van der Waals surface area contributed by atoms with Crippen LogP contribution in [0.1, 0.15) is 27.1 Å². The van der Waals surface area contributed by atoms with Crippen LogP contribution in [0.5, 0.6) is 11.5 Å². The fourth-order valence-corrected chi connectivity index (χ4v) is 2.46. The van der Waals surface area contributed by atoms with Gasteiger partial charge in [0.15, 0.2) is 23.9 Å². The molecule has 2 aromatic rings. The van der Waals surface area contributed by atoms with E-state index in [1.165, 1.54) is 18.2 Å². The molecular formula is C18H16N2O7. The number of carbonyl (C=O) groups is 2. The Morgan fingerprint density at radius 1 is 1.07 bits per heavy atom. The number of nitro benzene ring substituents is 1. The van der Waals surface area contributed by atoms with Crippen molar-refractivity contribution < 1.29 is 28.7 Å². The van der Waals surface area contributed by atoms with Crippen molar-refractivity contribution in [2.45, 2.75) is 6.42 Å². The van der Waals surface area contributed by atoms with Crippen molar-refractivity contribution in [1.29, 1.82) is 0 Å². The zero-order valence-corrected chi connectivity index (χ0v) is 14.2. The lowest BCUT2D eigenvalue weighted by molar-refractivity contribution is -0.383. The lowest BCUT2D eigenvalue weighted by Gasteiger charge is -2.09. The summed E-state index contributed by atoms with van der Waals surface area (Å²) < 4.78 is 16.0. The van der Waals surface area contributed by atoms with E-state index < -0.39 is 29.0 Å². The molecule has 0 saturated carbocycles. The number of esters is 1. The van der Waals surface area contributed by atoms with E-state index in [2.05, 4.69) is 0 Å². The number of carbonyl (C=O) groups excluding carboxylic acids is 2. The Hall–Kier alpha value is -3.62. The number of Topliss-reactive ketones (excluding diaryl/α,β-unsaturated/α-hetero) is 1. The first-order valence-electron chi connectivity index (χ1n) is 8.09. The predicted molar refractivity (Wildman–Crippen MR) is 94.2 cm³/mol. The largest absolute Gasteiger partial charge is 0.490 e. The molecule has 9 heteroatoms. The number of ketones is 1. The van der Waals surface area contributed by atoms with Crippen molar-refractivity contribution in [1.82, 2.24) is 0 Å². The summed E-state index contributed by atoms with van der Waals surface area (Å²) in [5.74, 6) is -0.293. The van der Waals surface area contributed by atoms with Crippen molar-refractivity contribution in [2.75, 3.05) is 25.6 Å². The van der Waals surface area contributed by atoms with Crippen LogP contribution in [0.3, 0.4) is 0 Å². The van der Waals surface area contributed by atoms with Crippen LogP contribution in [-0.4, -0.2) is 36.5 Å². The Morgan fingerprint density at radius 3 is 2.52 bits per heavy atom. The van der Waals surface area contributed by atoms with Crippen LogP contribution in [0.2, 0.25) is 0 Å². The van der Waals surface area contributed by atoms with Crippen LogP contribution in [0.25, 0.3) is 0 Å². The normalized spacial score (nSPS) is 12.7. The van der Waals surface area contributed by atoms with Crippen LogP contribution in [-0.2, 0) is 4.74 Å². The molecule has 140 valence electrons. The van der Waals surface area contributed by atoms with Crippen LogP contribution in [0.4, 0.5) is 11.4 Å². The van der Waals surface area contributed by atoms with Gasteiger partial charge in [0.1, 0.15) is 5.69 Å². The van der Waals surface area contributed by atoms with Crippen LogP contribution in [0, 0.1) is 10.1 Å². The lowest BCUT2D eigenvalue weighted by atomic mass is 10.1. The zero-order chi connectivity index (χ0) is 19.4. The van der Waals surface area contributed by atoms with Crippen molar-refractivity contribution in [3.63, 3.8) is 0 Å². The van der Waals surface area contributed by atoms with Gasteiger partial charge in [0.25, 0.3) is 5.69 Å². The molecule has 1 aliphatic rings. The minimum atomic E-state index is -0.860.